The Morgan fingerprint density at radius 1 is 1.00 bits per heavy atom. The Hall–Kier alpha value is 0.160. The van der Waals surface area contributed by atoms with Crippen molar-refractivity contribution < 1.29 is 8.42 Å². The maximum atomic E-state index is 12.1. The summed E-state index contributed by atoms with van der Waals surface area (Å²) in [4.78, 5) is 0. The highest BCUT2D eigenvalue weighted by Crippen LogP contribution is 2.33. The third kappa shape index (κ3) is 2.23. The maximum absolute atomic E-state index is 12.1. The van der Waals surface area contributed by atoms with Crippen molar-refractivity contribution in [2.45, 2.75) is 49.4 Å². The zero-order valence-electron chi connectivity index (χ0n) is 9.26. The summed E-state index contributed by atoms with van der Waals surface area (Å²) in [6, 6.07) is 0.973. The number of hydrogen-bond acceptors (Lipinski definition) is 3. The summed E-state index contributed by atoms with van der Waals surface area (Å²) >= 11 is 0. The van der Waals surface area contributed by atoms with Crippen LogP contribution in [0.3, 0.4) is 0 Å². The summed E-state index contributed by atoms with van der Waals surface area (Å²) in [5.74, 6) is 0. The molecule has 94 valence electrons. The molecule has 3 fully saturated rings. The fourth-order valence-electron chi connectivity index (χ4n) is 2.72. The molecule has 4 nitrogen and oxygen atoms in total. The molecule has 0 radical (unpaired) electrons. The van der Waals surface area contributed by atoms with E-state index >= 15 is 0 Å². The van der Waals surface area contributed by atoms with Crippen molar-refractivity contribution in [1.29, 1.82) is 0 Å². The number of nitrogens with zero attached hydrogens (tertiary/aromatic N) is 1. The van der Waals surface area contributed by atoms with Crippen LogP contribution in [0.2, 0.25) is 0 Å². The SMILES string of the molecule is Cl.O=S(=O)(C1CC1)N1CCC2CCC(C1)N2. The van der Waals surface area contributed by atoms with Gasteiger partial charge < -0.3 is 5.32 Å². The van der Waals surface area contributed by atoms with E-state index in [0.29, 0.717) is 18.6 Å². The molecular weight excluding hydrogens is 248 g/mol. The Bertz CT molecular complexity index is 356. The van der Waals surface area contributed by atoms with Crippen LogP contribution in [0.4, 0.5) is 0 Å². The Morgan fingerprint density at radius 2 is 1.69 bits per heavy atom. The lowest BCUT2D eigenvalue weighted by atomic mass is 10.1. The van der Waals surface area contributed by atoms with Crippen LogP contribution in [0.5, 0.6) is 0 Å². The number of fused-ring (bicyclic) bond motifs is 2. The van der Waals surface area contributed by atoms with Gasteiger partial charge in [-0.25, -0.2) is 12.7 Å². The van der Waals surface area contributed by atoms with E-state index in [-0.39, 0.29) is 17.7 Å². The third-order valence-electron chi connectivity index (χ3n) is 3.79. The molecule has 2 aliphatic heterocycles. The molecule has 1 saturated carbocycles. The number of rotatable bonds is 2. The Labute approximate surface area is 103 Å². The monoisotopic (exact) mass is 266 g/mol. The highest BCUT2D eigenvalue weighted by atomic mass is 35.5. The molecule has 0 spiro atoms. The van der Waals surface area contributed by atoms with Gasteiger partial charge in [0.15, 0.2) is 0 Å². The molecule has 6 heteroatoms. The van der Waals surface area contributed by atoms with E-state index in [1.807, 2.05) is 0 Å². The predicted molar refractivity (Wildman–Crippen MR) is 65.3 cm³/mol. The lowest BCUT2D eigenvalue weighted by Crippen LogP contribution is -2.40. The summed E-state index contributed by atoms with van der Waals surface area (Å²) < 4.78 is 25.9. The minimum absolute atomic E-state index is 0. The van der Waals surface area contributed by atoms with Crippen molar-refractivity contribution in [2.75, 3.05) is 13.1 Å². The van der Waals surface area contributed by atoms with Gasteiger partial charge in [0, 0.05) is 25.2 Å². The third-order valence-corrected chi connectivity index (χ3v) is 6.16. The number of nitrogens with one attached hydrogen (secondary N) is 1. The quantitative estimate of drug-likeness (QED) is 0.802. The van der Waals surface area contributed by atoms with Crippen LogP contribution < -0.4 is 5.32 Å². The van der Waals surface area contributed by atoms with Crippen LogP contribution in [0, 0.1) is 0 Å². The molecule has 2 atom stereocenters. The zero-order chi connectivity index (χ0) is 10.5. The van der Waals surface area contributed by atoms with Crippen LogP contribution in [0.15, 0.2) is 0 Å². The Morgan fingerprint density at radius 3 is 2.38 bits per heavy atom. The lowest BCUT2D eigenvalue weighted by Gasteiger charge is -2.23. The first kappa shape index (κ1) is 12.6. The molecular formula is C10H19ClN2O2S. The average Bonchev–Trinajstić information content (AvgIpc) is 2.93. The van der Waals surface area contributed by atoms with Crippen molar-refractivity contribution in [3.8, 4) is 0 Å². The highest BCUT2D eigenvalue weighted by Gasteiger charge is 2.42. The molecule has 16 heavy (non-hydrogen) atoms. The molecule has 2 bridgehead atoms. The molecule has 1 aliphatic carbocycles. The minimum atomic E-state index is -2.94. The summed E-state index contributed by atoms with van der Waals surface area (Å²) in [6.07, 6.45) is 5.10. The van der Waals surface area contributed by atoms with Gasteiger partial charge in [-0.05, 0) is 32.1 Å². The highest BCUT2D eigenvalue weighted by molar-refractivity contribution is 7.90. The van der Waals surface area contributed by atoms with Crippen LogP contribution in [0.1, 0.15) is 32.1 Å². The Balaban J connectivity index is 0.000000963. The van der Waals surface area contributed by atoms with Crippen molar-refractivity contribution in [3.63, 3.8) is 0 Å². The van der Waals surface area contributed by atoms with Gasteiger partial charge in [-0.1, -0.05) is 0 Å². The van der Waals surface area contributed by atoms with E-state index in [1.54, 1.807) is 4.31 Å². The smallest absolute Gasteiger partial charge is 0.217 e. The normalized spacial score (nSPS) is 35.5. The number of hydrogen-bond donors (Lipinski definition) is 1. The van der Waals surface area contributed by atoms with Gasteiger partial charge in [0.2, 0.25) is 10.0 Å². The first-order valence-corrected chi connectivity index (χ1v) is 7.41. The predicted octanol–water partition coefficient (Wildman–Crippen LogP) is 0.727. The van der Waals surface area contributed by atoms with E-state index in [4.69, 9.17) is 0 Å². The topological polar surface area (TPSA) is 49.4 Å². The van der Waals surface area contributed by atoms with Gasteiger partial charge in [-0.15, -0.1) is 12.4 Å². The molecule has 3 aliphatic rings. The second-order valence-electron chi connectivity index (χ2n) is 5.03. The van der Waals surface area contributed by atoms with Gasteiger partial charge in [-0.2, -0.15) is 0 Å². The van der Waals surface area contributed by atoms with Gasteiger partial charge in [0.25, 0.3) is 0 Å². The number of halogens is 1. The summed E-state index contributed by atoms with van der Waals surface area (Å²) in [5.41, 5.74) is 0. The average molecular weight is 267 g/mol. The molecule has 2 unspecified atom stereocenters. The van der Waals surface area contributed by atoms with E-state index in [9.17, 15) is 8.42 Å². The largest absolute Gasteiger partial charge is 0.310 e. The first-order valence-electron chi connectivity index (χ1n) is 5.91. The van der Waals surface area contributed by atoms with E-state index in [2.05, 4.69) is 5.32 Å². The second kappa shape index (κ2) is 4.44. The zero-order valence-corrected chi connectivity index (χ0v) is 10.9. The lowest BCUT2D eigenvalue weighted by molar-refractivity contribution is 0.382. The molecule has 0 aromatic rings. The minimum Gasteiger partial charge on any atom is -0.310 e. The molecule has 0 aromatic heterocycles. The van der Waals surface area contributed by atoms with E-state index in [0.717, 1.165) is 32.2 Å². The van der Waals surface area contributed by atoms with Crippen LogP contribution in [-0.2, 0) is 10.0 Å². The van der Waals surface area contributed by atoms with Gasteiger partial charge >= 0.3 is 0 Å². The molecule has 2 heterocycles. The van der Waals surface area contributed by atoms with Crippen molar-refractivity contribution in [1.82, 2.24) is 9.62 Å². The second-order valence-corrected chi connectivity index (χ2v) is 7.24. The first-order chi connectivity index (χ1) is 7.16. The summed E-state index contributed by atoms with van der Waals surface area (Å²) in [5, 5.41) is 3.46. The Kier molecular flexibility index (Phi) is 3.50. The van der Waals surface area contributed by atoms with Crippen molar-refractivity contribution in [2.24, 2.45) is 0 Å². The van der Waals surface area contributed by atoms with Crippen molar-refractivity contribution >= 4 is 22.4 Å². The van der Waals surface area contributed by atoms with Crippen LogP contribution >= 0.6 is 12.4 Å². The van der Waals surface area contributed by atoms with Crippen LogP contribution in [-0.4, -0.2) is 43.1 Å². The maximum Gasteiger partial charge on any atom is 0.217 e. The molecule has 3 rings (SSSR count). The van der Waals surface area contributed by atoms with E-state index in [1.165, 1.54) is 6.42 Å². The molecule has 0 aromatic carbocycles. The fourth-order valence-corrected chi connectivity index (χ4v) is 4.62. The van der Waals surface area contributed by atoms with E-state index < -0.39 is 10.0 Å². The fraction of sp³-hybridized carbons (Fsp3) is 1.00. The molecule has 0 amide bonds. The van der Waals surface area contributed by atoms with Gasteiger partial charge in [0.1, 0.15) is 0 Å². The molecule has 2 saturated heterocycles. The molecule has 1 N–H and O–H groups in total. The summed E-state index contributed by atoms with van der Waals surface area (Å²) in [6.45, 7) is 1.43. The van der Waals surface area contributed by atoms with Gasteiger partial charge in [-0.3, -0.25) is 0 Å². The summed E-state index contributed by atoms with van der Waals surface area (Å²) in [7, 11) is -2.94. The standard InChI is InChI=1S/C10H18N2O2S.ClH/c13-15(14,10-3-4-10)12-6-5-8-1-2-9(7-12)11-8;/h8-11H,1-7H2;1H. The van der Waals surface area contributed by atoms with Gasteiger partial charge in [0.05, 0.1) is 5.25 Å². The van der Waals surface area contributed by atoms with Crippen LogP contribution in [0.25, 0.3) is 0 Å². The number of sulfonamides is 1. The van der Waals surface area contributed by atoms with Crippen molar-refractivity contribution in [3.05, 3.63) is 0 Å².